The molecule has 2 aromatic heterocycles. The van der Waals surface area contributed by atoms with Crippen LogP contribution in [0.25, 0.3) is 0 Å². The number of amides is 3. The van der Waals surface area contributed by atoms with E-state index < -0.39 is 17.7 Å². The lowest BCUT2D eigenvalue weighted by Crippen LogP contribution is -2.57. The van der Waals surface area contributed by atoms with E-state index in [0.29, 0.717) is 26.2 Å². The summed E-state index contributed by atoms with van der Waals surface area (Å²) in [6, 6.07) is 14.9. The van der Waals surface area contributed by atoms with Crippen LogP contribution in [0.15, 0.2) is 86.0 Å². The molecule has 49 heavy (non-hydrogen) atoms. The summed E-state index contributed by atoms with van der Waals surface area (Å²) in [4.78, 5) is 46.8. The van der Waals surface area contributed by atoms with Gasteiger partial charge < -0.3 is 45.4 Å². The average Bonchev–Trinajstić information content (AvgIpc) is 3.80. The Morgan fingerprint density at radius 3 is 1.90 bits per heavy atom. The molecule has 260 valence electrons. The maximum atomic E-state index is 12.7. The van der Waals surface area contributed by atoms with Crippen molar-refractivity contribution in [3.8, 4) is 0 Å². The molecule has 14 nitrogen and oxygen atoms in total. The Labute approximate surface area is 286 Å². The topological polar surface area (TPSA) is 159 Å². The molecule has 0 unspecified atom stereocenters. The number of hydrogen-bond acceptors (Lipinski definition) is 9. The molecule has 2 aromatic carbocycles. The predicted molar refractivity (Wildman–Crippen MR) is 187 cm³/mol. The minimum absolute atomic E-state index is 0.00183. The Bertz CT molecular complexity index is 1650. The van der Waals surface area contributed by atoms with E-state index in [9.17, 15) is 14.4 Å². The molecule has 0 aliphatic carbocycles. The van der Waals surface area contributed by atoms with E-state index in [1.54, 1.807) is 29.9 Å². The molecule has 5 N–H and O–H groups in total. The first-order chi connectivity index (χ1) is 23.6. The Kier molecular flexibility index (Phi) is 12.1. The maximum Gasteiger partial charge on any atom is 0.410 e. The van der Waals surface area contributed by atoms with Crippen LogP contribution in [-0.4, -0.2) is 98.9 Å². The average molecular weight is 671 g/mol. The van der Waals surface area contributed by atoms with Crippen LogP contribution in [0.2, 0.25) is 0 Å². The van der Waals surface area contributed by atoms with Gasteiger partial charge in [0.1, 0.15) is 11.6 Å². The summed E-state index contributed by atoms with van der Waals surface area (Å²) in [5.74, 6) is -0.171. The molecule has 3 amide bonds. The number of aromatic nitrogens is 4. The highest BCUT2D eigenvalue weighted by atomic mass is 16.6. The van der Waals surface area contributed by atoms with Gasteiger partial charge in [0.2, 0.25) is 11.8 Å². The molecule has 4 aromatic rings. The molecule has 2 atom stereocenters. The highest BCUT2D eigenvalue weighted by Gasteiger charge is 2.31. The lowest BCUT2D eigenvalue weighted by atomic mass is 10.1. The molecule has 6 rings (SSSR count). The first-order valence-corrected chi connectivity index (χ1v) is 16.5. The van der Waals surface area contributed by atoms with Gasteiger partial charge in [-0.2, -0.15) is 0 Å². The Morgan fingerprint density at radius 2 is 1.39 bits per heavy atom. The highest BCUT2D eigenvalue weighted by Crippen LogP contribution is 2.15. The summed E-state index contributed by atoms with van der Waals surface area (Å²) < 4.78 is 9.36. The number of imidazole rings is 2. The number of carbonyl (C=O) groups is 3. The van der Waals surface area contributed by atoms with E-state index in [2.05, 4.69) is 36.6 Å². The third-order valence-corrected chi connectivity index (χ3v) is 7.74. The fourth-order valence-electron chi connectivity index (χ4n) is 5.39. The third-order valence-electron chi connectivity index (χ3n) is 7.74. The minimum atomic E-state index is -0.560. The van der Waals surface area contributed by atoms with Crippen LogP contribution in [0.1, 0.15) is 31.9 Å². The monoisotopic (exact) mass is 670 g/mol. The van der Waals surface area contributed by atoms with Crippen LogP contribution in [0, 0.1) is 0 Å². The molecule has 0 spiro atoms. The van der Waals surface area contributed by atoms with Gasteiger partial charge in [0.05, 0.1) is 18.7 Å². The highest BCUT2D eigenvalue weighted by molar-refractivity contribution is 5.96. The second-order valence-corrected chi connectivity index (χ2v) is 13.0. The van der Waals surface area contributed by atoms with Crippen molar-refractivity contribution >= 4 is 29.3 Å². The lowest BCUT2D eigenvalue weighted by molar-refractivity contribution is -0.119. The number of carbonyl (C=O) groups excluding carboxylic acids is 3. The predicted octanol–water partition coefficient (Wildman–Crippen LogP) is 2.51. The van der Waals surface area contributed by atoms with E-state index in [0.717, 1.165) is 42.1 Å². The molecule has 0 radical (unpaired) electrons. The first kappa shape index (κ1) is 35.3. The van der Waals surface area contributed by atoms with Crippen LogP contribution in [0.4, 0.5) is 16.2 Å². The molecule has 2 saturated heterocycles. The lowest BCUT2D eigenvalue weighted by Gasteiger charge is -2.34. The molecule has 14 heteroatoms. The normalized spacial score (nSPS) is 17.7. The standard InChI is InChI=1S/C20H27N5O3.C15H19N5O/c1-20(2,3)28-19(27)25-10-8-22-17(13-25)18(26)23-16-6-4-5-15(11-16)12-24-9-7-21-14-24;21-15(14-9-16-4-5-18-14)19-13-3-1-2-12(8-13)10-20-7-6-17-11-20/h4-7,9,11,14,17,22H,8,10,12-13H2,1-3H3,(H,23,26);1-3,6-8,11,14,16,18H,4-5,9-10H2,(H,19,21)/t17-;14-/m00/s1. The van der Waals surface area contributed by atoms with Gasteiger partial charge in [0.15, 0.2) is 0 Å². The van der Waals surface area contributed by atoms with Crippen LogP contribution in [0.5, 0.6) is 0 Å². The van der Waals surface area contributed by atoms with Crippen LogP contribution >= 0.6 is 0 Å². The van der Waals surface area contributed by atoms with Crippen molar-refractivity contribution in [2.24, 2.45) is 0 Å². The van der Waals surface area contributed by atoms with Gasteiger partial charge in [-0.1, -0.05) is 24.3 Å². The molecule has 4 heterocycles. The number of piperazine rings is 2. The SMILES string of the molecule is CC(C)(C)OC(=O)N1CCN[C@H](C(=O)Nc2cccc(Cn3ccnc3)c2)C1.O=C(Nc1cccc(Cn2ccnc2)c1)[C@@H]1CNCCN1. The van der Waals surface area contributed by atoms with Gasteiger partial charge in [0.25, 0.3) is 0 Å². The Hall–Kier alpha value is -5.05. The second kappa shape index (κ2) is 16.9. The number of nitrogens with one attached hydrogen (secondary N) is 5. The molecule has 0 bridgehead atoms. The van der Waals surface area contributed by atoms with Crippen molar-refractivity contribution in [1.82, 2.24) is 40.0 Å². The van der Waals surface area contributed by atoms with E-state index in [1.165, 1.54) is 0 Å². The van der Waals surface area contributed by atoms with Gasteiger partial charge in [-0.25, -0.2) is 14.8 Å². The van der Waals surface area contributed by atoms with Crippen molar-refractivity contribution in [3.63, 3.8) is 0 Å². The van der Waals surface area contributed by atoms with E-state index in [-0.39, 0.29) is 24.4 Å². The second-order valence-electron chi connectivity index (χ2n) is 13.0. The van der Waals surface area contributed by atoms with Crippen molar-refractivity contribution in [2.45, 2.75) is 51.5 Å². The van der Waals surface area contributed by atoms with Crippen molar-refractivity contribution in [1.29, 1.82) is 0 Å². The van der Waals surface area contributed by atoms with Gasteiger partial charge in [0, 0.05) is 88.5 Å². The number of rotatable bonds is 8. The van der Waals surface area contributed by atoms with E-state index in [1.807, 2.05) is 90.8 Å². The van der Waals surface area contributed by atoms with Crippen molar-refractivity contribution < 1.29 is 19.1 Å². The van der Waals surface area contributed by atoms with Gasteiger partial charge >= 0.3 is 6.09 Å². The fraction of sp³-hybridized carbons (Fsp3) is 0.400. The smallest absolute Gasteiger partial charge is 0.410 e. The largest absolute Gasteiger partial charge is 0.444 e. The van der Waals surface area contributed by atoms with Crippen molar-refractivity contribution in [2.75, 3.05) is 49.9 Å². The van der Waals surface area contributed by atoms with Crippen LogP contribution in [0.3, 0.4) is 0 Å². The minimum Gasteiger partial charge on any atom is -0.444 e. The zero-order valence-electron chi connectivity index (χ0n) is 28.3. The zero-order valence-corrected chi connectivity index (χ0v) is 28.3. The quantitative estimate of drug-likeness (QED) is 0.190. The zero-order chi connectivity index (χ0) is 34.6. The molecule has 2 aliphatic rings. The molecule has 2 fully saturated rings. The Morgan fingerprint density at radius 1 is 0.816 bits per heavy atom. The Balaban J connectivity index is 0.000000199. The van der Waals surface area contributed by atoms with Crippen LogP contribution < -0.4 is 26.6 Å². The molecular weight excluding hydrogens is 624 g/mol. The first-order valence-electron chi connectivity index (χ1n) is 16.5. The number of nitrogens with zero attached hydrogens (tertiary/aromatic N) is 5. The number of ether oxygens (including phenoxy) is 1. The summed E-state index contributed by atoms with van der Waals surface area (Å²) in [5, 5.41) is 15.5. The van der Waals surface area contributed by atoms with E-state index >= 15 is 0 Å². The summed E-state index contributed by atoms with van der Waals surface area (Å²) in [6.07, 6.45) is 10.4. The van der Waals surface area contributed by atoms with Gasteiger partial charge in [-0.05, 0) is 56.2 Å². The summed E-state index contributed by atoms with van der Waals surface area (Å²) in [7, 11) is 0. The van der Waals surface area contributed by atoms with Crippen molar-refractivity contribution in [3.05, 3.63) is 97.1 Å². The van der Waals surface area contributed by atoms with Crippen LogP contribution in [-0.2, 0) is 27.4 Å². The molecule has 0 saturated carbocycles. The number of hydrogen-bond donors (Lipinski definition) is 5. The molecule has 2 aliphatic heterocycles. The van der Waals surface area contributed by atoms with Gasteiger partial charge in [-0.15, -0.1) is 0 Å². The van der Waals surface area contributed by atoms with Gasteiger partial charge in [-0.3, -0.25) is 9.59 Å². The summed E-state index contributed by atoms with van der Waals surface area (Å²) in [5.41, 5.74) is 3.17. The van der Waals surface area contributed by atoms with E-state index in [4.69, 9.17) is 4.74 Å². The number of anilines is 2. The fourth-order valence-corrected chi connectivity index (χ4v) is 5.39. The summed E-state index contributed by atoms with van der Waals surface area (Å²) in [6.45, 7) is 10.6. The number of benzene rings is 2. The maximum absolute atomic E-state index is 12.7. The summed E-state index contributed by atoms with van der Waals surface area (Å²) >= 11 is 0. The molecular formula is C35H46N10O4. The third kappa shape index (κ3) is 11.3.